The molecular weight excluding hydrogens is 426 g/mol. The first-order chi connectivity index (χ1) is 15.9. The van der Waals surface area contributed by atoms with E-state index in [1.165, 1.54) is 43.2 Å². The largest absolute Gasteiger partial charge is 0.465 e. The van der Waals surface area contributed by atoms with E-state index in [1.807, 2.05) is 30.3 Å². The molecule has 0 saturated carbocycles. The van der Waals surface area contributed by atoms with Gasteiger partial charge in [-0.1, -0.05) is 30.3 Å². The maximum Gasteiger partial charge on any atom is 0.339 e. The molecular formula is C24H23N3O6. The van der Waals surface area contributed by atoms with Crippen molar-refractivity contribution in [2.24, 2.45) is 0 Å². The summed E-state index contributed by atoms with van der Waals surface area (Å²) in [4.78, 5) is 48.5. The molecule has 1 aromatic heterocycles. The Morgan fingerprint density at radius 1 is 0.939 bits per heavy atom. The summed E-state index contributed by atoms with van der Waals surface area (Å²) in [6.45, 7) is 0.235. The Labute approximate surface area is 190 Å². The number of anilines is 1. The minimum absolute atomic E-state index is 0.0623. The van der Waals surface area contributed by atoms with Crippen LogP contribution in [0.1, 0.15) is 33.6 Å². The second kappa shape index (κ2) is 10.9. The van der Waals surface area contributed by atoms with Gasteiger partial charge in [0.25, 0.3) is 5.56 Å². The predicted molar refractivity (Wildman–Crippen MR) is 121 cm³/mol. The topological polar surface area (TPSA) is 117 Å². The van der Waals surface area contributed by atoms with E-state index in [0.717, 1.165) is 5.56 Å². The molecule has 9 nitrogen and oxygen atoms in total. The van der Waals surface area contributed by atoms with Crippen molar-refractivity contribution in [3.8, 4) is 11.3 Å². The second-order valence-corrected chi connectivity index (χ2v) is 7.04. The van der Waals surface area contributed by atoms with E-state index in [-0.39, 0.29) is 35.3 Å². The summed E-state index contributed by atoms with van der Waals surface area (Å²) in [7, 11) is 2.45. The predicted octanol–water partition coefficient (Wildman–Crippen LogP) is 2.90. The molecule has 0 atom stereocenters. The number of aromatic nitrogens is 2. The minimum atomic E-state index is -0.657. The molecule has 0 saturated heterocycles. The number of methoxy groups -OCH3 is 2. The van der Waals surface area contributed by atoms with Gasteiger partial charge in [-0.15, -0.1) is 0 Å². The number of nitrogens with one attached hydrogen (secondary N) is 1. The molecule has 3 aromatic rings. The van der Waals surface area contributed by atoms with Gasteiger partial charge < -0.3 is 14.8 Å². The lowest BCUT2D eigenvalue weighted by Gasteiger charge is -2.12. The van der Waals surface area contributed by atoms with Crippen LogP contribution in [0.4, 0.5) is 5.69 Å². The van der Waals surface area contributed by atoms with Gasteiger partial charge in [0, 0.05) is 24.6 Å². The van der Waals surface area contributed by atoms with E-state index >= 15 is 0 Å². The van der Waals surface area contributed by atoms with Crippen molar-refractivity contribution in [1.82, 2.24) is 9.78 Å². The Kier molecular flexibility index (Phi) is 7.69. The number of ether oxygens (including phenoxy) is 2. The molecule has 0 unspecified atom stereocenters. The molecule has 9 heteroatoms. The van der Waals surface area contributed by atoms with Crippen LogP contribution in [0.3, 0.4) is 0 Å². The highest BCUT2D eigenvalue weighted by Gasteiger charge is 2.17. The fraction of sp³-hybridized carbons (Fsp3) is 0.208. The number of carbonyl (C=O) groups excluding carboxylic acids is 3. The fourth-order valence-corrected chi connectivity index (χ4v) is 3.15. The highest BCUT2D eigenvalue weighted by Crippen LogP contribution is 2.20. The maximum absolute atomic E-state index is 12.5. The number of aryl methyl sites for hydroxylation is 1. The lowest BCUT2D eigenvalue weighted by molar-refractivity contribution is -0.116. The zero-order valence-corrected chi connectivity index (χ0v) is 18.2. The first kappa shape index (κ1) is 23.4. The van der Waals surface area contributed by atoms with Crippen molar-refractivity contribution in [3.05, 3.63) is 82.1 Å². The molecule has 33 heavy (non-hydrogen) atoms. The third kappa shape index (κ3) is 5.91. The fourth-order valence-electron chi connectivity index (χ4n) is 3.15. The number of hydrogen-bond donors (Lipinski definition) is 1. The third-order valence-electron chi connectivity index (χ3n) is 4.83. The van der Waals surface area contributed by atoms with Crippen LogP contribution in [-0.4, -0.2) is 41.8 Å². The summed E-state index contributed by atoms with van der Waals surface area (Å²) in [5.41, 5.74) is 1.68. The van der Waals surface area contributed by atoms with Gasteiger partial charge in [-0.2, -0.15) is 5.10 Å². The summed E-state index contributed by atoms with van der Waals surface area (Å²) in [5.74, 6) is -1.66. The van der Waals surface area contributed by atoms with Gasteiger partial charge >= 0.3 is 11.9 Å². The highest BCUT2D eigenvalue weighted by molar-refractivity contribution is 6.03. The van der Waals surface area contributed by atoms with Gasteiger partial charge in [0.05, 0.1) is 36.7 Å². The van der Waals surface area contributed by atoms with E-state index in [0.29, 0.717) is 12.1 Å². The molecule has 0 bridgehead atoms. The number of nitrogens with zero attached hydrogens (tertiary/aromatic N) is 2. The zero-order valence-electron chi connectivity index (χ0n) is 18.2. The lowest BCUT2D eigenvalue weighted by atomic mass is 10.1. The first-order valence-corrected chi connectivity index (χ1v) is 10.2. The summed E-state index contributed by atoms with van der Waals surface area (Å²) in [6, 6.07) is 16.7. The van der Waals surface area contributed by atoms with Crippen molar-refractivity contribution in [2.75, 3.05) is 19.5 Å². The monoisotopic (exact) mass is 449 g/mol. The Morgan fingerprint density at radius 2 is 1.67 bits per heavy atom. The smallest absolute Gasteiger partial charge is 0.339 e. The van der Waals surface area contributed by atoms with Crippen LogP contribution in [0.2, 0.25) is 0 Å². The first-order valence-electron chi connectivity index (χ1n) is 10.2. The molecule has 0 fully saturated rings. The van der Waals surface area contributed by atoms with Crippen molar-refractivity contribution in [3.63, 3.8) is 0 Å². The van der Waals surface area contributed by atoms with Gasteiger partial charge in [0.2, 0.25) is 5.91 Å². The van der Waals surface area contributed by atoms with Crippen molar-refractivity contribution in [2.45, 2.75) is 19.4 Å². The Morgan fingerprint density at radius 3 is 2.36 bits per heavy atom. The molecule has 2 aromatic carbocycles. The maximum atomic E-state index is 12.5. The normalized spacial score (nSPS) is 10.4. The lowest BCUT2D eigenvalue weighted by Crippen LogP contribution is -2.23. The van der Waals surface area contributed by atoms with Gasteiger partial charge in [0.1, 0.15) is 0 Å². The molecule has 0 radical (unpaired) electrons. The number of carbonyl (C=O) groups is 3. The van der Waals surface area contributed by atoms with E-state index in [4.69, 9.17) is 4.74 Å². The second-order valence-electron chi connectivity index (χ2n) is 7.04. The van der Waals surface area contributed by atoms with Crippen molar-refractivity contribution >= 4 is 23.5 Å². The van der Waals surface area contributed by atoms with Crippen molar-refractivity contribution in [1.29, 1.82) is 0 Å². The molecule has 170 valence electrons. The third-order valence-corrected chi connectivity index (χ3v) is 4.83. The SMILES string of the molecule is COC(=O)c1ccc(C(=O)OC)c(NC(=O)CCCn2nc(-c3ccccc3)ccc2=O)c1. The summed E-state index contributed by atoms with van der Waals surface area (Å²) >= 11 is 0. The number of esters is 2. The molecule has 0 spiro atoms. The quantitative estimate of drug-likeness (QED) is 0.526. The zero-order chi connectivity index (χ0) is 23.8. The van der Waals surface area contributed by atoms with Crippen LogP contribution in [0, 0.1) is 0 Å². The number of hydrogen-bond acceptors (Lipinski definition) is 7. The van der Waals surface area contributed by atoms with Gasteiger partial charge in [-0.05, 0) is 30.7 Å². The summed E-state index contributed by atoms with van der Waals surface area (Å²) < 4.78 is 10.7. The molecule has 0 aliphatic heterocycles. The van der Waals surface area contributed by atoms with Crippen LogP contribution in [-0.2, 0) is 20.8 Å². The van der Waals surface area contributed by atoms with E-state index in [1.54, 1.807) is 6.07 Å². The Hall–Kier alpha value is -4.27. The van der Waals surface area contributed by atoms with Crippen molar-refractivity contribution < 1.29 is 23.9 Å². The van der Waals surface area contributed by atoms with Gasteiger partial charge in [0.15, 0.2) is 0 Å². The van der Waals surface area contributed by atoms with Crippen LogP contribution < -0.4 is 10.9 Å². The highest BCUT2D eigenvalue weighted by atomic mass is 16.5. The van der Waals surface area contributed by atoms with Crippen LogP contribution >= 0.6 is 0 Å². The standard InChI is InChI=1S/C24H23N3O6/c1-32-23(30)17-10-11-18(24(31)33-2)20(15-17)25-21(28)9-6-14-27-22(29)13-12-19(26-27)16-7-4-3-5-8-16/h3-5,7-8,10-13,15H,6,9,14H2,1-2H3,(H,25,28). The van der Waals surface area contributed by atoms with Crippen LogP contribution in [0.5, 0.6) is 0 Å². The number of benzene rings is 2. The van der Waals surface area contributed by atoms with E-state index in [9.17, 15) is 19.2 Å². The molecule has 3 rings (SSSR count). The summed E-state index contributed by atoms with van der Waals surface area (Å²) in [5, 5.41) is 7.00. The minimum Gasteiger partial charge on any atom is -0.465 e. The van der Waals surface area contributed by atoms with Crippen LogP contribution in [0.25, 0.3) is 11.3 Å². The molecule has 0 aliphatic carbocycles. The molecule has 1 heterocycles. The van der Waals surface area contributed by atoms with E-state index < -0.39 is 17.8 Å². The number of amides is 1. The number of rotatable bonds is 8. The molecule has 0 aliphatic rings. The Balaban J connectivity index is 1.68. The summed E-state index contributed by atoms with van der Waals surface area (Å²) in [6.07, 6.45) is 0.397. The average molecular weight is 449 g/mol. The van der Waals surface area contributed by atoms with Gasteiger partial charge in [-0.25, -0.2) is 14.3 Å². The van der Waals surface area contributed by atoms with Crippen LogP contribution in [0.15, 0.2) is 65.5 Å². The molecule has 1 N–H and O–H groups in total. The van der Waals surface area contributed by atoms with E-state index in [2.05, 4.69) is 15.2 Å². The molecule has 1 amide bonds. The van der Waals surface area contributed by atoms with Gasteiger partial charge in [-0.3, -0.25) is 9.59 Å². The Bertz CT molecular complexity index is 1220. The average Bonchev–Trinajstić information content (AvgIpc) is 2.84.